The molecule has 0 saturated heterocycles. The lowest BCUT2D eigenvalue weighted by Crippen LogP contribution is -2.21. The summed E-state index contributed by atoms with van der Waals surface area (Å²) in [5.41, 5.74) is 2.61. The quantitative estimate of drug-likeness (QED) is 0.823. The molecule has 0 bridgehead atoms. The Kier molecular flexibility index (Phi) is 5.60. The zero-order valence-electron chi connectivity index (χ0n) is 14.7. The Bertz CT molecular complexity index is 708. The van der Waals surface area contributed by atoms with Crippen LogP contribution in [0.5, 0.6) is 5.75 Å². The second-order valence-electron chi connectivity index (χ2n) is 6.56. The third-order valence-corrected chi connectivity index (χ3v) is 4.36. The highest BCUT2D eigenvalue weighted by Crippen LogP contribution is 2.28. The standard InChI is InChI=1S/C20H24FNO2/c1-5-20(3,4)15-7-10-17(11-8-15)24-13-19(23)22-18-12-16(21)9-6-14(18)2/h6-12H,5,13H2,1-4H3,(H,22,23). The van der Waals surface area contributed by atoms with Gasteiger partial charge in [-0.2, -0.15) is 0 Å². The van der Waals surface area contributed by atoms with Crippen LogP contribution in [0, 0.1) is 12.7 Å². The lowest BCUT2D eigenvalue weighted by Gasteiger charge is -2.23. The Morgan fingerprint density at radius 1 is 1.17 bits per heavy atom. The number of carbonyl (C=O) groups is 1. The molecule has 0 aliphatic heterocycles. The van der Waals surface area contributed by atoms with Gasteiger partial charge in [0.05, 0.1) is 0 Å². The largest absolute Gasteiger partial charge is 0.484 e. The van der Waals surface area contributed by atoms with Crippen molar-refractivity contribution in [1.82, 2.24) is 0 Å². The fourth-order valence-corrected chi connectivity index (χ4v) is 2.27. The van der Waals surface area contributed by atoms with Gasteiger partial charge in [-0.05, 0) is 54.2 Å². The minimum absolute atomic E-state index is 0.116. The second-order valence-corrected chi connectivity index (χ2v) is 6.56. The van der Waals surface area contributed by atoms with Crippen LogP contribution in [-0.2, 0) is 10.2 Å². The average Bonchev–Trinajstić information content (AvgIpc) is 2.56. The first-order valence-corrected chi connectivity index (χ1v) is 8.11. The number of benzene rings is 2. The predicted molar refractivity (Wildman–Crippen MR) is 95.0 cm³/mol. The fraction of sp³-hybridized carbons (Fsp3) is 0.350. The molecular weight excluding hydrogens is 305 g/mol. The van der Waals surface area contributed by atoms with Gasteiger partial charge in [-0.1, -0.05) is 39.0 Å². The van der Waals surface area contributed by atoms with Crippen LogP contribution in [0.2, 0.25) is 0 Å². The first-order valence-electron chi connectivity index (χ1n) is 8.11. The van der Waals surface area contributed by atoms with E-state index in [9.17, 15) is 9.18 Å². The van der Waals surface area contributed by atoms with Gasteiger partial charge in [-0.25, -0.2) is 4.39 Å². The van der Waals surface area contributed by atoms with Crippen LogP contribution in [0.4, 0.5) is 10.1 Å². The highest BCUT2D eigenvalue weighted by atomic mass is 19.1. The van der Waals surface area contributed by atoms with Gasteiger partial charge in [0.15, 0.2) is 6.61 Å². The molecule has 3 nitrogen and oxygen atoms in total. The van der Waals surface area contributed by atoms with E-state index in [0.717, 1.165) is 12.0 Å². The molecule has 0 heterocycles. The van der Waals surface area contributed by atoms with E-state index < -0.39 is 0 Å². The lowest BCUT2D eigenvalue weighted by atomic mass is 9.82. The predicted octanol–water partition coefficient (Wildman–Crippen LogP) is 4.84. The normalized spacial score (nSPS) is 11.2. The molecule has 0 aromatic heterocycles. The van der Waals surface area contributed by atoms with E-state index in [1.54, 1.807) is 6.07 Å². The molecule has 0 unspecified atom stereocenters. The van der Waals surface area contributed by atoms with Gasteiger partial charge >= 0.3 is 0 Å². The smallest absolute Gasteiger partial charge is 0.262 e. The number of hydrogen-bond donors (Lipinski definition) is 1. The third kappa shape index (κ3) is 4.57. The van der Waals surface area contributed by atoms with Crippen molar-refractivity contribution in [2.24, 2.45) is 0 Å². The van der Waals surface area contributed by atoms with Gasteiger partial charge in [0.1, 0.15) is 11.6 Å². The van der Waals surface area contributed by atoms with Crippen LogP contribution in [-0.4, -0.2) is 12.5 Å². The Morgan fingerprint density at radius 2 is 1.83 bits per heavy atom. The molecule has 128 valence electrons. The fourth-order valence-electron chi connectivity index (χ4n) is 2.27. The van der Waals surface area contributed by atoms with E-state index in [1.807, 2.05) is 31.2 Å². The number of ether oxygens (including phenoxy) is 1. The van der Waals surface area contributed by atoms with Gasteiger partial charge in [0, 0.05) is 5.69 Å². The summed E-state index contributed by atoms with van der Waals surface area (Å²) in [6.07, 6.45) is 1.04. The molecule has 0 fully saturated rings. The van der Waals surface area contributed by atoms with Crippen molar-refractivity contribution in [2.45, 2.75) is 39.5 Å². The minimum atomic E-state index is -0.383. The number of anilines is 1. The van der Waals surface area contributed by atoms with Crippen molar-refractivity contribution in [2.75, 3.05) is 11.9 Å². The summed E-state index contributed by atoms with van der Waals surface area (Å²) < 4.78 is 18.7. The van der Waals surface area contributed by atoms with Crippen LogP contribution in [0.25, 0.3) is 0 Å². The van der Waals surface area contributed by atoms with Crippen LogP contribution in [0.3, 0.4) is 0 Å². The Hall–Kier alpha value is -2.36. The van der Waals surface area contributed by atoms with Crippen LogP contribution < -0.4 is 10.1 Å². The van der Waals surface area contributed by atoms with Crippen molar-refractivity contribution in [3.8, 4) is 5.75 Å². The summed E-state index contributed by atoms with van der Waals surface area (Å²) in [5.74, 6) is -0.0654. The van der Waals surface area contributed by atoms with E-state index >= 15 is 0 Å². The lowest BCUT2D eigenvalue weighted by molar-refractivity contribution is -0.118. The highest BCUT2D eigenvalue weighted by Gasteiger charge is 2.17. The highest BCUT2D eigenvalue weighted by molar-refractivity contribution is 5.92. The molecular formula is C20H24FNO2. The number of rotatable bonds is 6. The summed E-state index contributed by atoms with van der Waals surface area (Å²) in [5, 5.41) is 2.66. The maximum atomic E-state index is 13.2. The molecule has 0 atom stereocenters. The SMILES string of the molecule is CCC(C)(C)c1ccc(OCC(=O)Nc2cc(F)ccc2C)cc1. The summed E-state index contributed by atoms with van der Waals surface area (Å²) in [7, 11) is 0. The second kappa shape index (κ2) is 7.47. The van der Waals surface area contributed by atoms with Crippen molar-refractivity contribution in [1.29, 1.82) is 0 Å². The van der Waals surface area contributed by atoms with Gasteiger partial charge in [0.25, 0.3) is 5.91 Å². The molecule has 0 radical (unpaired) electrons. The number of aryl methyl sites for hydroxylation is 1. The molecule has 1 amide bonds. The molecule has 2 aromatic carbocycles. The topological polar surface area (TPSA) is 38.3 Å². The van der Waals surface area contributed by atoms with Crippen LogP contribution in [0.1, 0.15) is 38.3 Å². The van der Waals surface area contributed by atoms with E-state index in [2.05, 4.69) is 26.1 Å². The van der Waals surface area contributed by atoms with E-state index in [0.29, 0.717) is 11.4 Å². The van der Waals surface area contributed by atoms with Gasteiger partial charge in [-0.15, -0.1) is 0 Å². The zero-order chi connectivity index (χ0) is 17.7. The first-order chi connectivity index (χ1) is 11.3. The molecule has 1 N–H and O–H groups in total. The van der Waals surface area contributed by atoms with Crippen LogP contribution in [0.15, 0.2) is 42.5 Å². The third-order valence-electron chi connectivity index (χ3n) is 4.36. The molecule has 0 saturated carbocycles. The monoisotopic (exact) mass is 329 g/mol. The minimum Gasteiger partial charge on any atom is -0.484 e. The maximum absolute atomic E-state index is 13.2. The summed E-state index contributed by atoms with van der Waals surface area (Å²) in [6, 6.07) is 12.1. The molecule has 2 aromatic rings. The number of nitrogens with one attached hydrogen (secondary N) is 1. The van der Waals surface area contributed by atoms with E-state index in [4.69, 9.17) is 4.74 Å². The Labute approximate surface area is 142 Å². The number of amides is 1. The molecule has 4 heteroatoms. The van der Waals surface area contributed by atoms with Gasteiger partial charge < -0.3 is 10.1 Å². The van der Waals surface area contributed by atoms with Crippen molar-refractivity contribution < 1.29 is 13.9 Å². The molecule has 0 aliphatic carbocycles. The summed E-state index contributed by atoms with van der Waals surface area (Å²) >= 11 is 0. The first kappa shape index (κ1) is 18.0. The number of hydrogen-bond acceptors (Lipinski definition) is 2. The van der Waals surface area contributed by atoms with Crippen molar-refractivity contribution in [3.63, 3.8) is 0 Å². The van der Waals surface area contributed by atoms with Crippen molar-refractivity contribution >= 4 is 11.6 Å². The Balaban J connectivity index is 1.93. The molecule has 0 aliphatic rings. The van der Waals surface area contributed by atoms with E-state index in [1.165, 1.54) is 17.7 Å². The van der Waals surface area contributed by atoms with Crippen LogP contribution >= 0.6 is 0 Å². The zero-order valence-corrected chi connectivity index (χ0v) is 14.7. The van der Waals surface area contributed by atoms with Gasteiger partial charge in [-0.3, -0.25) is 4.79 Å². The molecule has 24 heavy (non-hydrogen) atoms. The number of carbonyl (C=O) groups excluding carboxylic acids is 1. The maximum Gasteiger partial charge on any atom is 0.262 e. The Morgan fingerprint density at radius 3 is 2.46 bits per heavy atom. The van der Waals surface area contributed by atoms with E-state index in [-0.39, 0.29) is 23.7 Å². The average molecular weight is 329 g/mol. The van der Waals surface area contributed by atoms with Crippen molar-refractivity contribution in [3.05, 3.63) is 59.4 Å². The molecule has 2 rings (SSSR count). The molecule has 0 spiro atoms. The number of halogens is 1. The summed E-state index contributed by atoms with van der Waals surface area (Å²) in [4.78, 5) is 12.0. The van der Waals surface area contributed by atoms with Gasteiger partial charge in [0.2, 0.25) is 0 Å². The summed E-state index contributed by atoms with van der Waals surface area (Å²) in [6.45, 7) is 8.23.